The Labute approximate surface area is 169 Å². The molecule has 0 aliphatic carbocycles. The molecule has 2 aliphatic heterocycles. The number of rotatable bonds is 5. The zero-order chi connectivity index (χ0) is 21.1. The smallest absolute Gasteiger partial charge is 0.343 e. The molecule has 0 unspecified atom stereocenters. The third-order valence-electron chi connectivity index (χ3n) is 5.48. The molecule has 2 saturated heterocycles. The number of alkyl halides is 3. The fourth-order valence-corrected chi connectivity index (χ4v) is 5.20. The van der Waals surface area contributed by atoms with Crippen LogP contribution < -0.4 is 0 Å². The number of halogens is 3. The van der Waals surface area contributed by atoms with E-state index in [1.165, 1.54) is 10.4 Å². The summed E-state index contributed by atoms with van der Waals surface area (Å²) in [6, 6.07) is 3.84. The van der Waals surface area contributed by atoms with Crippen molar-refractivity contribution in [3.05, 3.63) is 29.8 Å². The van der Waals surface area contributed by atoms with Gasteiger partial charge in [-0.05, 0) is 37.5 Å². The number of carbonyl (C=O) groups excluding carboxylic acids is 1. The minimum atomic E-state index is -4.59. The number of nitrogens with zero attached hydrogens (tertiary/aromatic N) is 3. The normalized spacial score (nSPS) is 20.0. The topological polar surface area (TPSA) is 60.9 Å². The number of likely N-dealkylation sites (tertiary alicyclic amines) is 1. The molecule has 10 heteroatoms. The third kappa shape index (κ3) is 5.49. The molecule has 6 nitrogen and oxygen atoms in total. The van der Waals surface area contributed by atoms with Crippen LogP contribution in [-0.2, 0) is 21.0 Å². The molecule has 0 aromatic heterocycles. The van der Waals surface area contributed by atoms with Gasteiger partial charge in [-0.2, -0.15) is 17.5 Å². The van der Waals surface area contributed by atoms with Crippen LogP contribution in [0.2, 0.25) is 0 Å². The lowest BCUT2D eigenvalue weighted by molar-refractivity contribution is -0.137. The summed E-state index contributed by atoms with van der Waals surface area (Å²) < 4.78 is 65.3. The maximum atomic E-state index is 12.9. The summed E-state index contributed by atoms with van der Waals surface area (Å²) in [6.07, 6.45) is -0.951. The van der Waals surface area contributed by atoms with Crippen molar-refractivity contribution in [2.75, 3.05) is 45.8 Å². The maximum absolute atomic E-state index is 12.9. The van der Waals surface area contributed by atoms with Crippen molar-refractivity contribution in [1.29, 1.82) is 0 Å². The van der Waals surface area contributed by atoms with Gasteiger partial charge < -0.3 is 9.80 Å². The van der Waals surface area contributed by atoms with E-state index >= 15 is 0 Å². The average molecular weight is 433 g/mol. The van der Waals surface area contributed by atoms with Crippen LogP contribution in [0.25, 0.3) is 0 Å². The molecule has 2 fully saturated rings. The quantitative estimate of drug-likeness (QED) is 0.716. The van der Waals surface area contributed by atoms with Crippen molar-refractivity contribution < 1.29 is 26.4 Å². The van der Waals surface area contributed by atoms with Gasteiger partial charge in [0.2, 0.25) is 15.9 Å². The Morgan fingerprint density at radius 2 is 1.62 bits per heavy atom. The van der Waals surface area contributed by atoms with Crippen LogP contribution >= 0.6 is 0 Å². The molecule has 0 saturated carbocycles. The maximum Gasteiger partial charge on any atom is 0.416 e. The first kappa shape index (κ1) is 22.0. The zero-order valence-electron chi connectivity index (χ0n) is 16.2. The Balaban J connectivity index is 1.54. The summed E-state index contributed by atoms with van der Waals surface area (Å²) in [5.41, 5.74) is -0.978. The van der Waals surface area contributed by atoms with E-state index in [-0.39, 0.29) is 23.9 Å². The molecule has 0 N–H and O–H groups in total. The van der Waals surface area contributed by atoms with Crippen molar-refractivity contribution in [3.63, 3.8) is 0 Å². The summed E-state index contributed by atoms with van der Waals surface area (Å²) in [5, 5.41) is 0. The highest BCUT2D eigenvalue weighted by atomic mass is 32.2. The second-order valence-electron chi connectivity index (χ2n) is 7.46. The number of hydrogen-bond acceptors (Lipinski definition) is 4. The van der Waals surface area contributed by atoms with E-state index in [2.05, 4.69) is 0 Å². The lowest BCUT2D eigenvalue weighted by atomic mass is 10.1. The Morgan fingerprint density at radius 1 is 0.966 bits per heavy atom. The van der Waals surface area contributed by atoms with Crippen LogP contribution in [0.4, 0.5) is 13.2 Å². The van der Waals surface area contributed by atoms with Gasteiger partial charge in [0.05, 0.1) is 10.5 Å². The van der Waals surface area contributed by atoms with E-state index in [1.807, 2.05) is 9.80 Å². The molecule has 29 heavy (non-hydrogen) atoms. The van der Waals surface area contributed by atoms with Crippen molar-refractivity contribution in [3.8, 4) is 0 Å². The van der Waals surface area contributed by atoms with Gasteiger partial charge in [0, 0.05) is 52.2 Å². The van der Waals surface area contributed by atoms with Crippen molar-refractivity contribution in [1.82, 2.24) is 14.1 Å². The largest absolute Gasteiger partial charge is 0.416 e. The van der Waals surface area contributed by atoms with Crippen molar-refractivity contribution in [2.24, 2.45) is 0 Å². The Morgan fingerprint density at radius 3 is 2.24 bits per heavy atom. The number of hydrogen-bond donors (Lipinski definition) is 0. The second kappa shape index (κ2) is 9.01. The molecule has 1 aromatic carbocycles. The predicted octanol–water partition coefficient (Wildman–Crippen LogP) is 2.41. The Kier molecular flexibility index (Phi) is 6.85. The van der Waals surface area contributed by atoms with Gasteiger partial charge in [0.15, 0.2) is 0 Å². The van der Waals surface area contributed by atoms with Gasteiger partial charge in [-0.3, -0.25) is 4.79 Å². The lowest BCUT2D eigenvalue weighted by Gasteiger charge is -2.34. The molecular formula is C19H26F3N3O3S. The molecule has 162 valence electrons. The summed E-state index contributed by atoms with van der Waals surface area (Å²) in [6.45, 7) is 3.46. The predicted molar refractivity (Wildman–Crippen MR) is 102 cm³/mol. The Hall–Kier alpha value is -1.65. The van der Waals surface area contributed by atoms with Crippen LogP contribution in [0.1, 0.15) is 31.2 Å². The molecule has 2 heterocycles. The highest BCUT2D eigenvalue weighted by Crippen LogP contribution is 2.31. The monoisotopic (exact) mass is 433 g/mol. The highest BCUT2D eigenvalue weighted by molar-refractivity contribution is 7.89. The number of sulfonamides is 1. The molecule has 1 aromatic rings. The summed E-state index contributed by atoms with van der Waals surface area (Å²) in [5.74, 6) is 0.128. The summed E-state index contributed by atoms with van der Waals surface area (Å²) in [4.78, 5) is 15.8. The van der Waals surface area contributed by atoms with Gasteiger partial charge >= 0.3 is 6.18 Å². The van der Waals surface area contributed by atoms with Crippen LogP contribution in [0.5, 0.6) is 0 Å². The molecule has 0 atom stereocenters. The Bertz CT molecular complexity index is 815. The number of piperidine rings is 1. The van der Waals surface area contributed by atoms with E-state index in [1.54, 1.807) is 0 Å². The standard InChI is InChI=1S/C19H26F3N3O3S/c20-19(21,22)16-5-4-6-17(15-16)29(27,28)25-13-11-23(12-14-25)10-7-18(26)24-8-2-1-3-9-24/h4-6,15H,1-3,7-14H2. The number of carbonyl (C=O) groups is 1. The molecule has 2 aliphatic rings. The fourth-order valence-electron chi connectivity index (χ4n) is 3.73. The van der Waals surface area contributed by atoms with Gasteiger partial charge in [-0.1, -0.05) is 6.07 Å². The van der Waals surface area contributed by atoms with Crippen LogP contribution in [0.3, 0.4) is 0 Å². The van der Waals surface area contributed by atoms with Gasteiger partial charge in [-0.15, -0.1) is 0 Å². The molecule has 1 amide bonds. The lowest BCUT2D eigenvalue weighted by Crippen LogP contribution is -2.49. The SMILES string of the molecule is O=C(CCN1CCN(S(=O)(=O)c2cccc(C(F)(F)F)c2)CC1)N1CCCCC1. The van der Waals surface area contributed by atoms with Crippen molar-refractivity contribution >= 4 is 15.9 Å². The number of benzene rings is 1. The first-order valence-electron chi connectivity index (χ1n) is 9.85. The number of piperazine rings is 1. The van der Waals surface area contributed by atoms with E-state index in [0.717, 1.165) is 44.5 Å². The van der Waals surface area contributed by atoms with Crippen LogP contribution in [-0.4, -0.2) is 74.2 Å². The van der Waals surface area contributed by atoms with Gasteiger partial charge in [-0.25, -0.2) is 8.42 Å². The molecule has 0 spiro atoms. The molecule has 0 radical (unpaired) electrons. The van der Waals surface area contributed by atoms with E-state index < -0.39 is 21.8 Å². The van der Waals surface area contributed by atoms with E-state index in [9.17, 15) is 26.4 Å². The molecular weight excluding hydrogens is 407 g/mol. The first-order chi connectivity index (χ1) is 13.7. The average Bonchev–Trinajstić information content (AvgIpc) is 2.72. The first-order valence-corrected chi connectivity index (χ1v) is 11.3. The van der Waals surface area contributed by atoms with E-state index in [4.69, 9.17) is 0 Å². The van der Waals surface area contributed by atoms with Crippen LogP contribution in [0, 0.1) is 0 Å². The second-order valence-corrected chi connectivity index (χ2v) is 9.40. The zero-order valence-corrected chi connectivity index (χ0v) is 17.0. The highest BCUT2D eigenvalue weighted by Gasteiger charge is 2.34. The fraction of sp³-hybridized carbons (Fsp3) is 0.632. The number of amides is 1. The third-order valence-corrected chi connectivity index (χ3v) is 7.38. The molecule has 0 bridgehead atoms. The van der Waals surface area contributed by atoms with Gasteiger partial charge in [0.25, 0.3) is 0 Å². The minimum absolute atomic E-state index is 0.128. The van der Waals surface area contributed by atoms with Crippen LogP contribution in [0.15, 0.2) is 29.2 Å². The van der Waals surface area contributed by atoms with Gasteiger partial charge in [0.1, 0.15) is 0 Å². The summed E-state index contributed by atoms with van der Waals surface area (Å²) in [7, 11) is -3.99. The minimum Gasteiger partial charge on any atom is -0.343 e. The van der Waals surface area contributed by atoms with E-state index in [0.29, 0.717) is 32.1 Å². The molecule has 3 rings (SSSR count). The van der Waals surface area contributed by atoms with Crippen molar-refractivity contribution in [2.45, 2.75) is 36.8 Å². The summed E-state index contributed by atoms with van der Waals surface area (Å²) >= 11 is 0.